The lowest BCUT2D eigenvalue weighted by Gasteiger charge is -2.19. The van der Waals surface area contributed by atoms with Gasteiger partial charge >= 0.3 is 0 Å². The van der Waals surface area contributed by atoms with Gasteiger partial charge in [-0.15, -0.1) is 11.8 Å². The second kappa shape index (κ2) is 13.4. The van der Waals surface area contributed by atoms with Crippen LogP contribution in [0.3, 0.4) is 0 Å². The van der Waals surface area contributed by atoms with E-state index in [1.54, 1.807) is 62.8 Å². The summed E-state index contributed by atoms with van der Waals surface area (Å²) in [6, 6.07) is 27.2. The molecule has 0 fully saturated rings. The molecular weight excluding hydrogens is 528 g/mol. The van der Waals surface area contributed by atoms with Crippen LogP contribution in [0.4, 0.5) is 11.4 Å². The Morgan fingerprint density at radius 2 is 1.32 bits per heavy atom. The zero-order valence-corrected chi connectivity index (χ0v) is 23.4. The zero-order chi connectivity index (χ0) is 28.5. The fourth-order valence-electron chi connectivity index (χ4n) is 4.03. The Balaban J connectivity index is 1.54. The molecule has 4 aromatic carbocycles. The molecule has 2 amide bonds. The van der Waals surface area contributed by atoms with Gasteiger partial charge in [0.1, 0.15) is 33.8 Å². The average molecular weight is 559 g/mol. The summed E-state index contributed by atoms with van der Waals surface area (Å²) in [5.41, 5.74) is 2.24. The molecule has 8 nitrogen and oxygen atoms in total. The normalized spacial score (nSPS) is 11.2. The lowest BCUT2D eigenvalue weighted by atomic mass is 10.1. The van der Waals surface area contributed by atoms with Gasteiger partial charge in [-0.05, 0) is 54.1 Å². The van der Waals surface area contributed by atoms with Crippen LogP contribution in [-0.2, 0) is 4.79 Å². The fourth-order valence-corrected chi connectivity index (χ4v) is 5.06. The van der Waals surface area contributed by atoms with Gasteiger partial charge in [0.15, 0.2) is 0 Å². The molecule has 0 heterocycles. The van der Waals surface area contributed by atoms with E-state index in [-0.39, 0.29) is 11.8 Å². The minimum Gasteiger partial charge on any atom is -0.497 e. The van der Waals surface area contributed by atoms with E-state index in [9.17, 15) is 9.59 Å². The zero-order valence-electron chi connectivity index (χ0n) is 22.6. The Bertz CT molecular complexity index is 1440. The molecule has 0 aliphatic heterocycles. The first kappa shape index (κ1) is 28.4. The van der Waals surface area contributed by atoms with Crippen molar-refractivity contribution in [2.24, 2.45) is 0 Å². The van der Waals surface area contributed by atoms with Crippen LogP contribution in [0.15, 0.2) is 95.9 Å². The van der Waals surface area contributed by atoms with Crippen LogP contribution in [-0.4, -0.2) is 40.3 Å². The van der Waals surface area contributed by atoms with Crippen LogP contribution in [0.1, 0.15) is 21.2 Å². The predicted octanol–water partition coefficient (Wildman–Crippen LogP) is 6.45. The number of nitrogens with one attached hydrogen (secondary N) is 2. The summed E-state index contributed by atoms with van der Waals surface area (Å²) >= 11 is 1.39. The Labute approximate surface area is 237 Å². The van der Waals surface area contributed by atoms with Gasteiger partial charge in [-0.3, -0.25) is 9.59 Å². The third kappa shape index (κ3) is 6.68. The van der Waals surface area contributed by atoms with E-state index in [4.69, 9.17) is 18.9 Å². The topological polar surface area (TPSA) is 95.1 Å². The molecule has 2 N–H and O–H groups in total. The molecule has 4 aromatic rings. The third-order valence-corrected chi connectivity index (χ3v) is 7.29. The molecular formula is C31H30N2O6S. The van der Waals surface area contributed by atoms with Crippen LogP contribution in [0.2, 0.25) is 0 Å². The number of carbonyl (C=O) groups excluding carboxylic acids is 2. The molecule has 0 spiro atoms. The van der Waals surface area contributed by atoms with Crippen LogP contribution >= 0.6 is 11.8 Å². The molecule has 40 heavy (non-hydrogen) atoms. The van der Waals surface area contributed by atoms with E-state index >= 15 is 0 Å². The van der Waals surface area contributed by atoms with Crippen LogP contribution in [0.5, 0.6) is 23.0 Å². The molecule has 0 radical (unpaired) electrons. The van der Waals surface area contributed by atoms with Gasteiger partial charge in [-0.1, -0.05) is 36.4 Å². The van der Waals surface area contributed by atoms with E-state index in [2.05, 4.69) is 10.6 Å². The highest BCUT2D eigenvalue weighted by molar-refractivity contribution is 8.00. The number of ether oxygens (including phenoxy) is 4. The molecule has 206 valence electrons. The standard InChI is InChI=1S/C31H30N2O6S/c1-36-22-15-18-25(37-2)24(19-22)33-31(35)29(20-9-6-5-7-10-20)40-23-16-13-21(14-17-23)32-30(34)28-26(38-3)11-8-12-27(28)39-4/h5-19,29H,1-4H3,(H,32,34)(H,33,35). The first-order valence-electron chi connectivity index (χ1n) is 12.3. The minimum atomic E-state index is -0.560. The van der Waals surface area contributed by atoms with Crippen molar-refractivity contribution in [1.29, 1.82) is 0 Å². The third-order valence-electron chi connectivity index (χ3n) is 6.03. The van der Waals surface area contributed by atoms with E-state index in [1.165, 1.54) is 26.0 Å². The number of hydrogen-bond donors (Lipinski definition) is 2. The Hall–Kier alpha value is -4.63. The van der Waals surface area contributed by atoms with Crippen LogP contribution < -0.4 is 29.6 Å². The van der Waals surface area contributed by atoms with Gasteiger partial charge in [0.25, 0.3) is 5.91 Å². The molecule has 0 aliphatic rings. The molecule has 9 heteroatoms. The van der Waals surface area contributed by atoms with E-state index < -0.39 is 5.25 Å². The average Bonchev–Trinajstić information content (AvgIpc) is 3.00. The number of hydrogen-bond acceptors (Lipinski definition) is 7. The van der Waals surface area contributed by atoms with Gasteiger partial charge < -0.3 is 29.6 Å². The highest BCUT2D eigenvalue weighted by Crippen LogP contribution is 2.38. The Morgan fingerprint density at radius 3 is 1.93 bits per heavy atom. The molecule has 0 saturated heterocycles. The van der Waals surface area contributed by atoms with Crippen molar-refractivity contribution in [3.05, 3.63) is 102 Å². The molecule has 0 aliphatic carbocycles. The summed E-state index contributed by atoms with van der Waals surface area (Å²) in [7, 11) is 6.11. The fraction of sp³-hybridized carbons (Fsp3) is 0.161. The van der Waals surface area contributed by atoms with Gasteiger partial charge in [-0.2, -0.15) is 0 Å². The largest absolute Gasteiger partial charge is 0.497 e. The lowest BCUT2D eigenvalue weighted by Crippen LogP contribution is -2.19. The minimum absolute atomic E-state index is 0.219. The van der Waals surface area contributed by atoms with Crippen LogP contribution in [0, 0.1) is 0 Å². The predicted molar refractivity (Wildman–Crippen MR) is 157 cm³/mol. The number of thioether (sulfide) groups is 1. The smallest absolute Gasteiger partial charge is 0.263 e. The molecule has 0 bridgehead atoms. The molecule has 0 aromatic heterocycles. The lowest BCUT2D eigenvalue weighted by molar-refractivity contribution is -0.115. The van der Waals surface area contributed by atoms with Crippen molar-refractivity contribution in [3.63, 3.8) is 0 Å². The first-order valence-corrected chi connectivity index (χ1v) is 13.2. The van der Waals surface area contributed by atoms with Crippen molar-refractivity contribution in [3.8, 4) is 23.0 Å². The van der Waals surface area contributed by atoms with Crippen molar-refractivity contribution in [1.82, 2.24) is 0 Å². The summed E-state index contributed by atoms with van der Waals surface area (Å²) in [4.78, 5) is 27.4. The summed E-state index contributed by atoms with van der Waals surface area (Å²) in [5, 5.41) is 5.31. The van der Waals surface area contributed by atoms with Crippen LogP contribution in [0.25, 0.3) is 0 Å². The Morgan fingerprint density at radius 1 is 0.675 bits per heavy atom. The Kier molecular flexibility index (Phi) is 9.53. The molecule has 1 unspecified atom stereocenters. The number of rotatable bonds is 11. The molecule has 1 atom stereocenters. The van der Waals surface area contributed by atoms with Gasteiger partial charge in [-0.25, -0.2) is 0 Å². The number of methoxy groups -OCH3 is 4. The monoisotopic (exact) mass is 558 g/mol. The first-order chi connectivity index (χ1) is 19.5. The number of carbonyl (C=O) groups is 2. The maximum atomic E-state index is 13.6. The van der Waals surface area contributed by atoms with Gasteiger partial charge in [0, 0.05) is 16.6 Å². The maximum Gasteiger partial charge on any atom is 0.263 e. The highest BCUT2D eigenvalue weighted by atomic mass is 32.2. The second-order valence-corrected chi connectivity index (χ2v) is 9.66. The van der Waals surface area contributed by atoms with E-state index in [0.29, 0.717) is 39.9 Å². The number of benzene rings is 4. The summed E-state index contributed by atoms with van der Waals surface area (Å²) in [5.74, 6) is 1.37. The molecule has 4 rings (SSSR count). The SMILES string of the molecule is COc1ccc(OC)c(NC(=O)C(Sc2ccc(NC(=O)c3c(OC)cccc3OC)cc2)c2ccccc2)c1. The second-order valence-electron chi connectivity index (χ2n) is 8.48. The number of amides is 2. The van der Waals surface area contributed by atoms with Gasteiger partial charge in [0.05, 0.1) is 34.1 Å². The highest BCUT2D eigenvalue weighted by Gasteiger charge is 2.24. The van der Waals surface area contributed by atoms with Crippen molar-refractivity contribution in [2.75, 3.05) is 39.1 Å². The number of anilines is 2. The summed E-state index contributed by atoms with van der Waals surface area (Å²) < 4.78 is 21.4. The summed E-state index contributed by atoms with van der Waals surface area (Å²) in [6.07, 6.45) is 0. The van der Waals surface area contributed by atoms with E-state index in [0.717, 1.165) is 10.5 Å². The van der Waals surface area contributed by atoms with Crippen molar-refractivity contribution < 1.29 is 28.5 Å². The maximum absolute atomic E-state index is 13.6. The van der Waals surface area contributed by atoms with E-state index in [1.807, 2.05) is 42.5 Å². The van der Waals surface area contributed by atoms with Crippen molar-refractivity contribution in [2.45, 2.75) is 10.1 Å². The van der Waals surface area contributed by atoms with Crippen molar-refractivity contribution >= 4 is 35.0 Å². The summed E-state index contributed by atoms with van der Waals surface area (Å²) in [6.45, 7) is 0. The quantitative estimate of drug-likeness (QED) is 0.204. The molecule has 0 saturated carbocycles. The van der Waals surface area contributed by atoms with Gasteiger partial charge in [0.2, 0.25) is 5.91 Å².